The van der Waals surface area contributed by atoms with Crippen molar-refractivity contribution in [3.8, 4) is 5.75 Å². The number of aryl methyl sites for hydroxylation is 2. The van der Waals surface area contributed by atoms with Gasteiger partial charge in [0.15, 0.2) is 0 Å². The molecule has 0 aliphatic rings. The summed E-state index contributed by atoms with van der Waals surface area (Å²) in [5, 5.41) is 13.0. The van der Waals surface area contributed by atoms with E-state index in [9.17, 15) is 4.79 Å². The number of aromatic carboxylic acids is 1. The van der Waals surface area contributed by atoms with Crippen molar-refractivity contribution in [2.45, 2.75) is 13.3 Å². The first kappa shape index (κ1) is 13.1. The summed E-state index contributed by atoms with van der Waals surface area (Å²) in [4.78, 5) is 10.9. The molecule has 1 aromatic heterocycles. The van der Waals surface area contributed by atoms with Crippen molar-refractivity contribution in [2.24, 2.45) is 7.05 Å². The average molecular weight is 260 g/mol. The van der Waals surface area contributed by atoms with Crippen molar-refractivity contribution in [2.75, 3.05) is 6.61 Å². The van der Waals surface area contributed by atoms with Crippen LogP contribution in [0.4, 0.5) is 0 Å². The Labute approximate surface area is 111 Å². The van der Waals surface area contributed by atoms with Crippen molar-refractivity contribution in [3.05, 3.63) is 47.3 Å². The van der Waals surface area contributed by atoms with Crippen LogP contribution < -0.4 is 4.74 Å². The topological polar surface area (TPSA) is 64.3 Å². The van der Waals surface area contributed by atoms with E-state index >= 15 is 0 Å². The zero-order valence-corrected chi connectivity index (χ0v) is 11.0. The summed E-state index contributed by atoms with van der Waals surface area (Å²) >= 11 is 0. The van der Waals surface area contributed by atoms with Crippen LogP contribution in [0.15, 0.2) is 30.6 Å². The van der Waals surface area contributed by atoms with Crippen molar-refractivity contribution < 1.29 is 14.6 Å². The van der Waals surface area contributed by atoms with E-state index in [1.165, 1.54) is 0 Å². The van der Waals surface area contributed by atoms with Crippen LogP contribution in [0.25, 0.3) is 0 Å². The predicted octanol–water partition coefficient (Wildman–Crippen LogP) is 2.05. The van der Waals surface area contributed by atoms with E-state index < -0.39 is 5.97 Å². The first-order chi connectivity index (χ1) is 9.06. The molecular formula is C14H16N2O3. The number of aromatic nitrogens is 2. The van der Waals surface area contributed by atoms with Gasteiger partial charge in [-0.05, 0) is 30.2 Å². The molecule has 19 heavy (non-hydrogen) atoms. The van der Waals surface area contributed by atoms with E-state index in [0.717, 1.165) is 17.5 Å². The van der Waals surface area contributed by atoms with Crippen LogP contribution >= 0.6 is 0 Å². The molecule has 1 aromatic carbocycles. The van der Waals surface area contributed by atoms with Gasteiger partial charge in [0.25, 0.3) is 0 Å². The summed E-state index contributed by atoms with van der Waals surface area (Å²) in [6.07, 6.45) is 4.47. The van der Waals surface area contributed by atoms with Gasteiger partial charge in [-0.1, -0.05) is 6.07 Å². The molecule has 2 rings (SSSR count). The van der Waals surface area contributed by atoms with Gasteiger partial charge in [-0.15, -0.1) is 0 Å². The second-order valence-corrected chi connectivity index (χ2v) is 4.41. The number of benzene rings is 1. The molecule has 100 valence electrons. The number of carboxylic acids is 1. The third-order valence-corrected chi connectivity index (χ3v) is 2.84. The fourth-order valence-electron chi connectivity index (χ4n) is 1.77. The molecule has 5 nitrogen and oxygen atoms in total. The lowest BCUT2D eigenvalue weighted by atomic mass is 10.1. The molecule has 2 aromatic rings. The van der Waals surface area contributed by atoms with Gasteiger partial charge in [0, 0.05) is 19.7 Å². The first-order valence-corrected chi connectivity index (χ1v) is 6.00. The zero-order chi connectivity index (χ0) is 13.8. The Bertz CT molecular complexity index is 590. The standard InChI is InChI=1S/C14H16N2O3/c1-10-3-4-12(14(17)18)7-13(10)19-6-5-11-8-15-16(2)9-11/h3-4,7-9H,5-6H2,1-2H3,(H,17,18). The second-order valence-electron chi connectivity index (χ2n) is 4.41. The fraction of sp³-hybridized carbons (Fsp3) is 0.286. The van der Waals surface area contributed by atoms with Crippen molar-refractivity contribution in [1.82, 2.24) is 9.78 Å². The summed E-state index contributed by atoms with van der Waals surface area (Å²) in [5.74, 6) is -0.333. The van der Waals surface area contributed by atoms with Crippen LogP contribution in [0.2, 0.25) is 0 Å². The maximum Gasteiger partial charge on any atom is 0.335 e. The van der Waals surface area contributed by atoms with Crippen LogP contribution in [0.1, 0.15) is 21.5 Å². The van der Waals surface area contributed by atoms with E-state index in [4.69, 9.17) is 9.84 Å². The summed E-state index contributed by atoms with van der Waals surface area (Å²) in [5.41, 5.74) is 2.26. The van der Waals surface area contributed by atoms with Crippen molar-refractivity contribution in [1.29, 1.82) is 0 Å². The van der Waals surface area contributed by atoms with E-state index in [2.05, 4.69) is 5.10 Å². The van der Waals surface area contributed by atoms with Gasteiger partial charge in [0.1, 0.15) is 5.75 Å². The summed E-state index contributed by atoms with van der Waals surface area (Å²) in [6.45, 7) is 2.39. The summed E-state index contributed by atoms with van der Waals surface area (Å²) in [7, 11) is 1.87. The highest BCUT2D eigenvalue weighted by atomic mass is 16.5. The highest BCUT2D eigenvalue weighted by Crippen LogP contribution is 2.19. The van der Waals surface area contributed by atoms with E-state index in [1.54, 1.807) is 29.1 Å². The second kappa shape index (κ2) is 5.56. The quantitative estimate of drug-likeness (QED) is 0.893. The molecule has 0 unspecified atom stereocenters. The number of hydrogen-bond acceptors (Lipinski definition) is 3. The van der Waals surface area contributed by atoms with Gasteiger partial charge in [0.2, 0.25) is 0 Å². The SMILES string of the molecule is Cc1ccc(C(=O)O)cc1OCCc1cnn(C)c1. The van der Waals surface area contributed by atoms with Crippen LogP contribution in [0.5, 0.6) is 5.75 Å². The number of ether oxygens (including phenoxy) is 1. The maximum atomic E-state index is 10.9. The zero-order valence-electron chi connectivity index (χ0n) is 11.0. The molecule has 0 radical (unpaired) electrons. The number of carbonyl (C=O) groups is 1. The molecule has 0 bridgehead atoms. The Kier molecular flexibility index (Phi) is 3.85. The first-order valence-electron chi connectivity index (χ1n) is 6.00. The van der Waals surface area contributed by atoms with Crippen LogP contribution in [0, 0.1) is 6.92 Å². The summed E-state index contributed by atoms with van der Waals surface area (Å²) < 4.78 is 7.38. The van der Waals surface area contributed by atoms with E-state index in [-0.39, 0.29) is 5.56 Å². The third-order valence-electron chi connectivity index (χ3n) is 2.84. The Morgan fingerprint density at radius 2 is 2.26 bits per heavy atom. The Morgan fingerprint density at radius 1 is 1.47 bits per heavy atom. The normalized spacial score (nSPS) is 10.4. The molecule has 0 atom stereocenters. The number of hydrogen-bond donors (Lipinski definition) is 1. The largest absolute Gasteiger partial charge is 0.493 e. The molecule has 5 heteroatoms. The van der Waals surface area contributed by atoms with E-state index in [0.29, 0.717) is 12.4 Å². The molecule has 0 aliphatic heterocycles. The lowest BCUT2D eigenvalue weighted by Gasteiger charge is -2.09. The lowest BCUT2D eigenvalue weighted by molar-refractivity contribution is 0.0696. The molecule has 0 fully saturated rings. The number of nitrogens with zero attached hydrogens (tertiary/aromatic N) is 2. The van der Waals surface area contributed by atoms with Crippen LogP contribution in [0.3, 0.4) is 0 Å². The minimum Gasteiger partial charge on any atom is -0.493 e. The highest BCUT2D eigenvalue weighted by Gasteiger charge is 2.07. The van der Waals surface area contributed by atoms with Gasteiger partial charge in [-0.2, -0.15) is 5.10 Å². The Morgan fingerprint density at radius 3 is 2.89 bits per heavy atom. The summed E-state index contributed by atoms with van der Waals surface area (Å²) in [6, 6.07) is 4.88. The number of rotatable bonds is 5. The molecular weight excluding hydrogens is 244 g/mol. The molecule has 0 saturated heterocycles. The predicted molar refractivity (Wildman–Crippen MR) is 70.5 cm³/mol. The smallest absolute Gasteiger partial charge is 0.335 e. The minimum absolute atomic E-state index is 0.238. The highest BCUT2D eigenvalue weighted by molar-refractivity contribution is 5.88. The Hall–Kier alpha value is -2.30. The maximum absolute atomic E-state index is 10.9. The Balaban J connectivity index is 1.99. The molecule has 0 saturated carbocycles. The van der Waals surface area contributed by atoms with Crippen molar-refractivity contribution in [3.63, 3.8) is 0 Å². The van der Waals surface area contributed by atoms with Gasteiger partial charge >= 0.3 is 5.97 Å². The van der Waals surface area contributed by atoms with Gasteiger partial charge in [-0.3, -0.25) is 4.68 Å². The van der Waals surface area contributed by atoms with Crippen LogP contribution in [-0.2, 0) is 13.5 Å². The molecule has 0 amide bonds. The van der Waals surface area contributed by atoms with Gasteiger partial charge in [-0.25, -0.2) is 4.79 Å². The lowest BCUT2D eigenvalue weighted by Crippen LogP contribution is -2.04. The third kappa shape index (κ3) is 3.34. The molecule has 1 N–H and O–H groups in total. The molecule has 0 aliphatic carbocycles. The van der Waals surface area contributed by atoms with Crippen molar-refractivity contribution >= 4 is 5.97 Å². The van der Waals surface area contributed by atoms with Gasteiger partial charge in [0.05, 0.1) is 18.4 Å². The van der Waals surface area contributed by atoms with E-state index in [1.807, 2.05) is 20.2 Å². The molecule has 1 heterocycles. The molecule has 0 spiro atoms. The average Bonchev–Trinajstić information content (AvgIpc) is 2.77. The van der Waals surface area contributed by atoms with Gasteiger partial charge < -0.3 is 9.84 Å². The minimum atomic E-state index is -0.947. The fourth-order valence-corrected chi connectivity index (χ4v) is 1.77. The monoisotopic (exact) mass is 260 g/mol. The van der Waals surface area contributed by atoms with Crippen LogP contribution in [-0.4, -0.2) is 27.5 Å². The number of carboxylic acid groups (broad SMARTS) is 1.